The van der Waals surface area contributed by atoms with Crippen molar-refractivity contribution < 1.29 is 4.79 Å². The molecule has 7 nitrogen and oxygen atoms in total. The molecule has 2 N–H and O–H groups in total. The minimum absolute atomic E-state index is 0.0676. The van der Waals surface area contributed by atoms with E-state index in [1.807, 2.05) is 30.3 Å². The van der Waals surface area contributed by atoms with Gasteiger partial charge < -0.3 is 10.6 Å². The fraction of sp³-hybridized carbons (Fsp3) is 0.292. The zero-order chi connectivity index (χ0) is 21.0. The Morgan fingerprint density at radius 3 is 2.48 bits per heavy atom. The normalized spacial score (nSPS) is 21.2. The van der Waals surface area contributed by atoms with Crippen molar-refractivity contribution in [3.8, 4) is 11.3 Å². The van der Waals surface area contributed by atoms with Crippen LogP contribution in [0.4, 0.5) is 11.6 Å². The van der Waals surface area contributed by atoms with E-state index in [0.29, 0.717) is 19.0 Å². The summed E-state index contributed by atoms with van der Waals surface area (Å²) in [4.78, 5) is 26.2. The molecule has 0 spiro atoms. The molecule has 1 aromatic heterocycles. The van der Waals surface area contributed by atoms with Crippen LogP contribution in [0.5, 0.6) is 0 Å². The number of hydrogen-bond acceptors (Lipinski definition) is 6. The van der Waals surface area contributed by atoms with E-state index < -0.39 is 0 Å². The molecular formula is C24H26N6O. The van der Waals surface area contributed by atoms with E-state index in [-0.39, 0.29) is 5.91 Å². The van der Waals surface area contributed by atoms with Gasteiger partial charge in [0.05, 0.1) is 12.2 Å². The fourth-order valence-corrected chi connectivity index (χ4v) is 4.12. The molecule has 8 bridgehead atoms. The van der Waals surface area contributed by atoms with Crippen molar-refractivity contribution >= 4 is 17.5 Å². The Labute approximate surface area is 182 Å². The van der Waals surface area contributed by atoms with Crippen molar-refractivity contribution in [3.63, 3.8) is 0 Å². The van der Waals surface area contributed by atoms with Gasteiger partial charge in [-0.25, -0.2) is 9.97 Å². The standard InChI is InChI=1S/C24H26N6O/c31-23-17-30-11-9-29(10-12-30)16-19-4-2-6-21(14-19)27-24-25-8-7-22(28-24)20-5-1-3-18(13-20)15-26-23/h1-8,13-14H,9-12,15-17H2,(H,26,31)(H,25,27,28). The average Bonchev–Trinajstić information content (AvgIpc) is 2.79. The number of aromatic nitrogens is 2. The van der Waals surface area contributed by atoms with E-state index in [1.165, 1.54) is 5.56 Å². The monoisotopic (exact) mass is 414 g/mol. The average molecular weight is 415 g/mol. The third kappa shape index (κ3) is 4.90. The van der Waals surface area contributed by atoms with E-state index in [4.69, 9.17) is 4.98 Å². The van der Waals surface area contributed by atoms with Crippen molar-refractivity contribution in [3.05, 3.63) is 71.9 Å². The molecule has 1 saturated heterocycles. The first kappa shape index (κ1) is 19.7. The minimum atomic E-state index is 0.0676. The summed E-state index contributed by atoms with van der Waals surface area (Å²) >= 11 is 0. The van der Waals surface area contributed by atoms with Gasteiger partial charge in [0.2, 0.25) is 11.9 Å². The Balaban J connectivity index is 1.47. The first-order valence-corrected chi connectivity index (χ1v) is 10.7. The lowest BCUT2D eigenvalue weighted by molar-refractivity contribution is -0.122. The second kappa shape index (κ2) is 8.83. The summed E-state index contributed by atoms with van der Waals surface area (Å²) < 4.78 is 0. The van der Waals surface area contributed by atoms with Gasteiger partial charge in [-0.1, -0.05) is 30.3 Å². The highest BCUT2D eigenvalue weighted by atomic mass is 16.2. The second-order valence-corrected chi connectivity index (χ2v) is 8.12. The van der Waals surface area contributed by atoms with Gasteiger partial charge in [-0.05, 0) is 35.4 Å². The first-order chi connectivity index (χ1) is 15.2. The van der Waals surface area contributed by atoms with Crippen LogP contribution in [0.25, 0.3) is 11.3 Å². The van der Waals surface area contributed by atoms with Gasteiger partial charge in [0.25, 0.3) is 0 Å². The minimum Gasteiger partial charge on any atom is -0.351 e. The van der Waals surface area contributed by atoms with Gasteiger partial charge in [0.15, 0.2) is 0 Å². The number of benzene rings is 2. The Morgan fingerprint density at radius 1 is 0.839 bits per heavy atom. The highest BCUT2D eigenvalue weighted by Gasteiger charge is 2.19. The number of hydrogen-bond donors (Lipinski definition) is 2. The molecular weight excluding hydrogens is 388 g/mol. The summed E-state index contributed by atoms with van der Waals surface area (Å²) in [5, 5.41) is 6.41. The predicted octanol–water partition coefficient (Wildman–Crippen LogP) is 2.63. The van der Waals surface area contributed by atoms with Crippen LogP contribution < -0.4 is 10.6 Å². The lowest BCUT2D eigenvalue weighted by Gasteiger charge is -2.34. The summed E-state index contributed by atoms with van der Waals surface area (Å²) in [7, 11) is 0. The Hall–Kier alpha value is -3.29. The van der Waals surface area contributed by atoms with Crippen LogP contribution in [-0.2, 0) is 17.9 Å². The molecule has 0 unspecified atom stereocenters. The van der Waals surface area contributed by atoms with Crippen molar-refractivity contribution in [2.75, 3.05) is 38.0 Å². The molecule has 31 heavy (non-hydrogen) atoms. The summed E-state index contributed by atoms with van der Waals surface area (Å²) in [6.07, 6.45) is 1.77. The van der Waals surface area contributed by atoms with Crippen LogP contribution in [0.3, 0.4) is 0 Å². The second-order valence-electron chi connectivity index (χ2n) is 8.12. The smallest absolute Gasteiger partial charge is 0.234 e. The predicted molar refractivity (Wildman–Crippen MR) is 121 cm³/mol. The molecule has 0 radical (unpaired) electrons. The van der Waals surface area contributed by atoms with Crippen LogP contribution in [0.1, 0.15) is 11.1 Å². The van der Waals surface area contributed by atoms with E-state index in [0.717, 1.165) is 55.2 Å². The van der Waals surface area contributed by atoms with E-state index >= 15 is 0 Å². The third-order valence-electron chi connectivity index (χ3n) is 5.79. The molecule has 0 aliphatic carbocycles. The number of nitrogens with zero attached hydrogens (tertiary/aromatic N) is 4. The van der Waals surface area contributed by atoms with Gasteiger partial charge in [-0.2, -0.15) is 0 Å². The van der Waals surface area contributed by atoms with Crippen molar-refractivity contribution in [1.29, 1.82) is 0 Å². The molecule has 2 aromatic carbocycles. The van der Waals surface area contributed by atoms with Crippen molar-refractivity contribution in [2.24, 2.45) is 0 Å². The Kier molecular flexibility index (Phi) is 5.60. The third-order valence-corrected chi connectivity index (χ3v) is 5.79. The van der Waals surface area contributed by atoms with Crippen molar-refractivity contribution in [2.45, 2.75) is 13.1 Å². The molecule has 4 heterocycles. The summed E-state index contributed by atoms with van der Waals surface area (Å²) in [5.74, 6) is 0.637. The quantitative estimate of drug-likeness (QED) is 0.589. The summed E-state index contributed by atoms with van der Waals surface area (Å²) in [6.45, 7) is 5.57. The highest BCUT2D eigenvalue weighted by Crippen LogP contribution is 2.22. The molecule has 3 aliphatic heterocycles. The zero-order valence-corrected chi connectivity index (χ0v) is 17.4. The SMILES string of the molecule is O=C1CN2CCN(CC2)Cc2cccc(c2)Nc2nccc(n2)-c2cccc(c2)CN1. The number of amides is 1. The lowest BCUT2D eigenvalue weighted by atomic mass is 10.1. The largest absolute Gasteiger partial charge is 0.351 e. The van der Waals surface area contributed by atoms with Gasteiger partial charge in [0, 0.05) is 56.7 Å². The maximum atomic E-state index is 12.5. The number of rotatable bonds is 0. The van der Waals surface area contributed by atoms with Crippen LogP contribution in [-0.4, -0.2) is 58.4 Å². The molecule has 7 heteroatoms. The first-order valence-electron chi connectivity index (χ1n) is 10.7. The van der Waals surface area contributed by atoms with Gasteiger partial charge in [-0.15, -0.1) is 0 Å². The molecule has 3 aromatic rings. The number of anilines is 2. The molecule has 1 fully saturated rings. The van der Waals surface area contributed by atoms with Crippen LogP contribution >= 0.6 is 0 Å². The van der Waals surface area contributed by atoms with Gasteiger partial charge in [0.1, 0.15) is 0 Å². The summed E-state index contributed by atoms with van der Waals surface area (Å²) in [6, 6.07) is 18.4. The summed E-state index contributed by atoms with van der Waals surface area (Å²) in [5.41, 5.74) is 5.12. The molecule has 6 rings (SSSR count). The molecule has 3 aliphatic rings. The number of carbonyl (C=O) groups is 1. The number of piperazine rings is 1. The van der Waals surface area contributed by atoms with E-state index in [1.54, 1.807) is 6.20 Å². The Morgan fingerprint density at radius 2 is 1.61 bits per heavy atom. The highest BCUT2D eigenvalue weighted by molar-refractivity contribution is 5.78. The van der Waals surface area contributed by atoms with Gasteiger partial charge in [-0.3, -0.25) is 14.6 Å². The van der Waals surface area contributed by atoms with Crippen molar-refractivity contribution in [1.82, 2.24) is 25.1 Å². The fourth-order valence-electron chi connectivity index (χ4n) is 4.12. The van der Waals surface area contributed by atoms with E-state index in [9.17, 15) is 4.79 Å². The number of fused-ring (bicyclic) bond motifs is 5. The lowest BCUT2D eigenvalue weighted by Crippen LogP contribution is -2.49. The van der Waals surface area contributed by atoms with E-state index in [2.05, 4.69) is 49.7 Å². The number of carbonyl (C=O) groups excluding carboxylic acids is 1. The zero-order valence-electron chi connectivity index (χ0n) is 17.4. The topological polar surface area (TPSA) is 73.4 Å². The molecule has 0 atom stereocenters. The van der Waals surface area contributed by atoms with Crippen LogP contribution in [0.2, 0.25) is 0 Å². The molecule has 0 saturated carbocycles. The molecule has 158 valence electrons. The Bertz CT molecular complexity index is 1080. The van der Waals surface area contributed by atoms with Crippen LogP contribution in [0.15, 0.2) is 60.8 Å². The van der Waals surface area contributed by atoms with Crippen LogP contribution in [0, 0.1) is 0 Å². The number of nitrogens with one attached hydrogen (secondary N) is 2. The maximum absolute atomic E-state index is 12.5. The molecule has 1 amide bonds. The maximum Gasteiger partial charge on any atom is 0.234 e. The van der Waals surface area contributed by atoms with Gasteiger partial charge >= 0.3 is 0 Å².